The predicted molar refractivity (Wildman–Crippen MR) is 75.7 cm³/mol. The van der Waals surface area contributed by atoms with Crippen molar-refractivity contribution in [1.29, 1.82) is 0 Å². The Bertz CT molecular complexity index is 461. The molecule has 6 heteroatoms. The molecule has 1 aliphatic rings. The molecule has 0 atom stereocenters. The number of rotatable bonds is 2. The molecule has 1 amide bonds. The van der Waals surface area contributed by atoms with E-state index in [-0.39, 0.29) is 18.1 Å². The second-order valence-electron chi connectivity index (χ2n) is 4.04. The molecule has 0 bridgehead atoms. The summed E-state index contributed by atoms with van der Waals surface area (Å²) in [6.07, 6.45) is 0.926. The summed E-state index contributed by atoms with van der Waals surface area (Å²) in [7, 11) is 0. The van der Waals surface area contributed by atoms with Gasteiger partial charge in [-0.05, 0) is 47.6 Å². The van der Waals surface area contributed by atoms with Gasteiger partial charge in [-0.25, -0.2) is 0 Å². The maximum Gasteiger partial charge on any atom is 0.252 e. The third-order valence-electron chi connectivity index (χ3n) is 2.69. The van der Waals surface area contributed by atoms with Crippen LogP contribution in [0.15, 0.2) is 12.1 Å². The monoisotopic (exact) mass is 385 g/mol. The van der Waals surface area contributed by atoms with Crippen LogP contribution in [0.3, 0.4) is 0 Å². The minimum Gasteiger partial charge on any atom is -0.393 e. The minimum absolute atomic E-state index is 0.0473. The zero-order valence-electron chi connectivity index (χ0n) is 8.71. The van der Waals surface area contributed by atoms with Gasteiger partial charge in [0, 0.05) is 14.6 Å². The van der Waals surface area contributed by atoms with Gasteiger partial charge in [-0.2, -0.15) is 0 Å². The van der Waals surface area contributed by atoms with Crippen molar-refractivity contribution in [1.82, 2.24) is 5.32 Å². The molecule has 1 aliphatic carbocycles. The Morgan fingerprint density at radius 3 is 2.65 bits per heavy atom. The topological polar surface area (TPSA) is 49.3 Å². The van der Waals surface area contributed by atoms with Crippen LogP contribution >= 0.6 is 45.8 Å². The van der Waals surface area contributed by atoms with Crippen molar-refractivity contribution < 1.29 is 9.90 Å². The molecule has 17 heavy (non-hydrogen) atoms. The van der Waals surface area contributed by atoms with E-state index in [0.717, 1.165) is 0 Å². The highest BCUT2D eigenvalue weighted by Gasteiger charge is 2.29. The molecule has 0 unspecified atom stereocenters. The zero-order valence-corrected chi connectivity index (χ0v) is 12.4. The van der Waals surface area contributed by atoms with Crippen LogP contribution in [-0.2, 0) is 0 Å². The fourth-order valence-corrected chi connectivity index (χ4v) is 2.74. The highest BCUT2D eigenvalue weighted by molar-refractivity contribution is 14.1. The van der Waals surface area contributed by atoms with E-state index in [0.29, 0.717) is 32.0 Å². The number of amides is 1. The number of carbonyl (C=O) groups excluding carboxylic acids is 1. The van der Waals surface area contributed by atoms with Crippen LogP contribution in [0.2, 0.25) is 10.0 Å². The molecule has 92 valence electrons. The Morgan fingerprint density at radius 2 is 2.06 bits per heavy atom. The van der Waals surface area contributed by atoms with Crippen LogP contribution in [0.4, 0.5) is 0 Å². The molecule has 0 aliphatic heterocycles. The standard InChI is InChI=1S/C11H10Cl2INO2/c12-5-1-8(10(14)9(13)2-5)11(17)15-6-3-7(16)4-6/h1-2,6-7,16H,3-4H2,(H,15,17). The van der Waals surface area contributed by atoms with Crippen molar-refractivity contribution in [2.75, 3.05) is 0 Å². The number of nitrogens with one attached hydrogen (secondary N) is 1. The van der Waals surface area contributed by atoms with Gasteiger partial charge in [0.15, 0.2) is 0 Å². The van der Waals surface area contributed by atoms with Crippen molar-refractivity contribution in [3.05, 3.63) is 31.3 Å². The van der Waals surface area contributed by atoms with Gasteiger partial charge in [-0.15, -0.1) is 0 Å². The van der Waals surface area contributed by atoms with Crippen LogP contribution in [0.5, 0.6) is 0 Å². The van der Waals surface area contributed by atoms with E-state index in [1.54, 1.807) is 12.1 Å². The lowest BCUT2D eigenvalue weighted by Gasteiger charge is -2.32. The molecule has 3 nitrogen and oxygen atoms in total. The highest BCUT2D eigenvalue weighted by Crippen LogP contribution is 2.27. The molecule has 2 rings (SSSR count). The molecule has 0 radical (unpaired) electrons. The summed E-state index contributed by atoms with van der Waals surface area (Å²) in [5, 5.41) is 12.9. The van der Waals surface area contributed by atoms with Crippen molar-refractivity contribution in [3.8, 4) is 0 Å². The number of hydrogen-bond donors (Lipinski definition) is 2. The Hall–Kier alpha value is -0.0400. The first-order valence-corrected chi connectivity index (χ1v) is 6.94. The number of carbonyl (C=O) groups is 1. The predicted octanol–water partition coefficient (Wildman–Crippen LogP) is 2.85. The van der Waals surface area contributed by atoms with Gasteiger partial charge < -0.3 is 10.4 Å². The molecule has 1 saturated carbocycles. The Morgan fingerprint density at radius 1 is 1.41 bits per heavy atom. The zero-order chi connectivity index (χ0) is 12.6. The molecule has 0 saturated heterocycles. The molecule has 1 aromatic rings. The number of halogens is 3. The lowest BCUT2D eigenvalue weighted by molar-refractivity contribution is 0.0562. The summed E-state index contributed by atoms with van der Waals surface area (Å²) in [6.45, 7) is 0. The quantitative estimate of drug-likeness (QED) is 0.607. The number of benzene rings is 1. The Balaban J connectivity index is 2.13. The first-order valence-electron chi connectivity index (χ1n) is 5.11. The van der Waals surface area contributed by atoms with Crippen molar-refractivity contribution in [2.24, 2.45) is 0 Å². The van der Waals surface area contributed by atoms with Gasteiger partial charge in [0.2, 0.25) is 0 Å². The van der Waals surface area contributed by atoms with Gasteiger partial charge in [0.25, 0.3) is 5.91 Å². The van der Waals surface area contributed by atoms with Crippen molar-refractivity contribution >= 4 is 51.7 Å². The lowest BCUT2D eigenvalue weighted by atomic mass is 9.89. The van der Waals surface area contributed by atoms with E-state index in [1.807, 2.05) is 22.6 Å². The lowest BCUT2D eigenvalue weighted by Crippen LogP contribution is -2.46. The summed E-state index contributed by atoms with van der Waals surface area (Å²) in [5.41, 5.74) is 0.476. The fourth-order valence-electron chi connectivity index (χ4n) is 1.69. The molecule has 0 heterocycles. The van der Waals surface area contributed by atoms with Gasteiger partial charge in [-0.1, -0.05) is 23.2 Å². The molecular formula is C11H10Cl2INO2. The van der Waals surface area contributed by atoms with Gasteiger partial charge in [0.1, 0.15) is 0 Å². The Kier molecular flexibility index (Phi) is 4.18. The molecule has 1 aromatic carbocycles. The molecule has 0 aromatic heterocycles. The number of hydrogen-bond acceptors (Lipinski definition) is 2. The van der Waals surface area contributed by atoms with Crippen LogP contribution in [0.25, 0.3) is 0 Å². The van der Waals surface area contributed by atoms with Crippen LogP contribution in [-0.4, -0.2) is 23.2 Å². The summed E-state index contributed by atoms with van der Waals surface area (Å²) in [4.78, 5) is 12.0. The molecule has 2 N–H and O–H groups in total. The van der Waals surface area contributed by atoms with Crippen LogP contribution in [0.1, 0.15) is 23.2 Å². The van der Waals surface area contributed by atoms with E-state index in [4.69, 9.17) is 28.3 Å². The number of aliphatic hydroxyl groups excluding tert-OH is 1. The number of aliphatic hydroxyl groups is 1. The maximum atomic E-state index is 12.0. The van der Waals surface area contributed by atoms with E-state index >= 15 is 0 Å². The maximum absolute atomic E-state index is 12.0. The van der Waals surface area contributed by atoms with Gasteiger partial charge in [0.05, 0.1) is 16.7 Å². The van der Waals surface area contributed by atoms with Crippen molar-refractivity contribution in [3.63, 3.8) is 0 Å². The largest absolute Gasteiger partial charge is 0.393 e. The third-order valence-corrected chi connectivity index (χ3v) is 4.68. The SMILES string of the molecule is O=C(NC1CC(O)C1)c1cc(Cl)cc(Cl)c1I. The van der Waals surface area contributed by atoms with Crippen molar-refractivity contribution in [2.45, 2.75) is 25.0 Å². The first kappa shape index (κ1) is 13.4. The highest BCUT2D eigenvalue weighted by atomic mass is 127. The van der Waals surface area contributed by atoms with E-state index in [1.165, 1.54) is 0 Å². The van der Waals surface area contributed by atoms with Gasteiger partial charge in [-0.3, -0.25) is 4.79 Å². The normalized spacial score (nSPS) is 23.1. The van der Waals surface area contributed by atoms with Crippen LogP contribution < -0.4 is 5.32 Å². The summed E-state index contributed by atoms with van der Waals surface area (Å²) in [6, 6.07) is 3.25. The second kappa shape index (κ2) is 5.30. The molecule has 1 fully saturated rings. The fraction of sp³-hybridized carbons (Fsp3) is 0.364. The van der Waals surface area contributed by atoms with Gasteiger partial charge >= 0.3 is 0 Å². The summed E-state index contributed by atoms with van der Waals surface area (Å²) in [5.74, 6) is -0.198. The summed E-state index contributed by atoms with van der Waals surface area (Å²) < 4.78 is 0.686. The molecular weight excluding hydrogens is 376 g/mol. The smallest absolute Gasteiger partial charge is 0.252 e. The Labute approximate surface area is 123 Å². The second-order valence-corrected chi connectivity index (χ2v) is 5.97. The minimum atomic E-state index is -0.290. The van der Waals surface area contributed by atoms with E-state index < -0.39 is 0 Å². The first-order chi connectivity index (χ1) is 7.97. The average molecular weight is 386 g/mol. The molecule has 0 spiro atoms. The van der Waals surface area contributed by atoms with E-state index in [2.05, 4.69) is 5.32 Å². The summed E-state index contributed by atoms with van der Waals surface area (Å²) >= 11 is 13.8. The van der Waals surface area contributed by atoms with Crippen LogP contribution in [0, 0.1) is 3.57 Å². The average Bonchev–Trinajstić information content (AvgIpc) is 2.21. The van der Waals surface area contributed by atoms with E-state index in [9.17, 15) is 4.79 Å². The third kappa shape index (κ3) is 3.05.